The molecule has 0 saturated heterocycles. The number of nitrogen functional groups attached to an aromatic ring is 1. The zero-order valence-electron chi connectivity index (χ0n) is 12.0. The van der Waals surface area contributed by atoms with E-state index in [1.54, 1.807) is 6.07 Å². The van der Waals surface area contributed by atoms with E-state index in [1.165, 1.54) is 17.8 Å². The highest BCUT2D eigenvalue weighted by Gasteiger charge is 2.06. The summed E-state index contributed by atoms with van der Waals surface area (Å²) < 4.78 is 0. The highest BCUT2D eigenvalue weighted by molar-refractivity contribution is 7.98. The molecule has 0 aliphatic rings. The third kappa shape index (κ3) is 4.54. The Hall–Kier alpha value is -1.93. The van der Waals surface area contributed by atoms with Gasteiger partial charge < -0.3 is 10.4 Å². The molecule has 0 saturated carbocycles. The molecule has 0 bridgehead atoms. The van der Waals surface area contributed by atoms with Crippen molar-refractivity contribution in [2.24, 2.45) is 5.84 Å². The van der Waals surface area contributed by atoms with E-state index in [0.717, 1.165) is 24.2 Å². The number of hydrogen-bond acceptors (Lipinski definition) is 7. The molecule has 21 heavy (non-hydrogen) atoms. The van der Waals surface area contributed by atoms with Gasteiger partial charge in [0.05, 0.1) is 5.75 Å². The SMILES string of the molecule is CCCc1cc(=O)[nH]c(SCc2nc(C)cc(NN)n2)n1. The second-order valence-corrected chi connectivity index (χ2v) is 5.50. The predicted octanol–water partition coefficient (Wildman–Crippen LogP) is 1.40. The van der Waals surface area contributed by atoms with Crippen molar-refractivity contribution in [2.75, 3.05) is 5.43 Å². The summed E-state index contributed by atoms with van der Waals surface area (Å²) in [5.74, 6) is 7.07. The summed E-state index contributed by atoms with van der Waals surface area (Å²) >= 11 is 1.40. The second kappa shape index (κ2) is 7.19. The number of aromatic nitrogens is 4. The third-order valence-electron chi connectivity index (χ3n) is 2.67. The van der Waals surface area contributed by atoms with Crippen LogP contribution in [0.4, 0.5) is 5.82 Å². The standard InChI is InChI=1S/C13H18N6OS/c1-3-4-9-6-12(20)18-13(16-9)21-7-11-15-8(2)5-10(17-11)19-14/h5-6H,3-4,7,14H2,1-2H3,(H,15,17,19)(H,16,18,20). The van der Waals surface area contributed by atoms with Crippen LogP contribution in [0.1, 0.15) is 30.6 Å². The van der Waals surface area contributed by atoms with Crippen LogP contribution >= 0.6 is 11.8 Å². The number of anilines is 1. The fourth-order valence-corrected chi connectivity index (χ4v) is 2.59. The van der Waals surface area contributed by atoms with Crippen LogP contribution in [0.25, 0.3) is 0 Å². The fourth-order valence-electron chi connectivity index (χ4n) is 1.84. The number of nitrogens with one attached hydrogen (secondary N) is 2. The van der Waals surface area contributed by atoms with Crippen LogP contribution in [0.2, 0.25) is 0 Å². The van der Waals surface area contributed by atoms with Crippen molar-refractivity contribution >= 4 is 17.6 Å². The number of nitrogens with two attached hydrogens (primary N) is 1. The van der Waals surface area contributed by atoms with E-state index in [4.69, 9.17) is 5.84 Å². The zero-order valence-corrected chi connectivity index (χ0v) is 12.8. The van der Waals surface area contributed by atoms with Crippen molar-refractivity contribution in [3.05, 3.63) is 39.7 Å². The number of aryl methyl sites for hydroxylation is 2. The molecule has 4 N–H and O–H groups in total. The Morgan fingerprint density at radius 1 is 1.33 bits per heavy atom. The lowest BCUT2D eigenvalue weighted by Gasteiger charge is -2.05. The van der Waals surface area contributed by atoms with Crippen molar-refractivity contribution in [3.8, 4) is 0 Å². The molecule has 0 amide bonds. The lowest BCUT2D eigenvalue weighted by molar-refractivity contribution is 0.815. The van der Waals surface area contributed by atoms with Gasteiger partial charge in [0.1, 0.15) is 11.6 Å². The van der Waals surface area contributed by atoms with Gasteiger partial charge in [0.2, 0.25) is 0 Å². The minimum atomic E-state index is -0.134. The molecule has 2 aromatic rings. The van der Waals surface area contributed by atoms with Gasteiger partial charge in [-0.1, -0.05) is 25.1 Å². The number of thioether (sulfide) groups is 1. The maximum Gasteiger partial charge on any atom is 0.251 e. The first kappa shape index (κ1) is 15.5. The van der Waals surface area contributed by atoms with E-state index >= 15 is 0 Å². The van der Waals surface area contributed by atoms with Gasteiger partial charge in [-0.05, 0) is 13.3 Å². The van der Waals surface area contributed by atoms with Crippen LogP contribution in [-0.2, 0) is 12.2 Å². The smallest absolute Gasteiger partial charge is 0.251 e. The molecule has 0 spiro atoms. The first-order chi connectivity index (χ1) is 10.1. The molecule has 0 radical (unpaired) electrons. The van der Waals surface area contributed by atoms with Gasteiger partial charge in [-0.2, -0.15) is 0 Å². The van der Waals surface area contributed by atoms with E-state index in [-0.39, 0.29) is 5.56 Å². The van der Waals surface area contributed by atoms with E-state index in [9.17, 15) is 4.79 Å². The maximum atomic E-state index is 11.6. The van der Waals surface area contributed by atoms with Crippen molar-refractivity contribution in [3.63, 3.8) is 0 Å². The number of hydrazine groups is 1. The number of aromatic amines is 1. The Morgan fingerprint density at radius 3 is 2.86 bits per heavy atom. The van der Waals surface area contributed by atoms with Gasteiger partial charge in [0.25, 0.3) is 5.56 Å². The monoisotopic (exact) mass is 306 g/mol. The van der Waals surface area contributed by atoms with Gasteiger partial charge in [-0.25, -0.2) is 20.8 Å². The number of rotatable bonds is 6. The molecular weight excluding hydrogens is 288 g/mol. The zero-order chi connectivity index (χ0) is 15.2. The van der Waals surface area contributed by atoms with Crippen molar-refractivity contribution in [1.29, 1.82) is 0 Å². The maximum absolute atomic E-state index is 11.6. The number of nitrogens with zero attached hydrogens (tertiary/aromatic N) is 3. The summed E-state index contributed by atoms with van der Waals surface area (Å²) in [5.41, 5.74) is 4.01. The minimum absolute atomic E-state index is 0.134. The van der Waals surface area contributed by atoms with Crippen LogP contribution in [0.5, 0.6) is 0 Å². The lowest BCUT2D eigenvalue weighted by atomic mass is 10.2. The third-order valence-corrected chi connectivity index (χ3v) is 3.53. The van der Waals surface area contributed by atoms with E-state index in [2.05, 4.69) is 32.3 Å². The first-order valence-electron chi connectivity index (χ1n) is 6.65. The van der Waals surface area contributed by atoms with Crippen molar-refractivity contribution < 1.29 is 0 Å². The summed E-state index contributed by atoms with van der Waals surface area (Å²) in [6.45, 7) is 3.93. The van der Waals surface area contributed by atoms with Crippen molar-refractivity contribution in [2.45, 2.75) is 37.6 Å². The Labute approximate surface area is 126 Å². The normalized spacial score (nSPS) is 10.6. The molecule has 0 aliphatic carbocycles. The average molecular weight is 306 g/mol. The Balaban J connectivity index is 2.12. The molecule has 2 heterocycles. The van der Waals surface area contributed by atoms with Crippen LogP contribution in [0.15, 0.2) is 22.1 Å². The molecule has 2 aromatic heterocycles. The van der Waals surface area contributed by atoms with Gasteiger partial charge in [-0.3, -0.25) is 4.79 Å². The predicted molar refractivity (Wildman–Crippen MR) is 83.0 cm³/mol. The van der Waals surface area contributed by atoms with Crippen molar-refractivity contribution in [1.82, 2.24) is 19.9 Å². The molecule has 0 aromatic carbocycles. The van der Waals surface area contributed by atoms with E-state index in [0.29, 0.717) is 22.6 Å². The molecular formula is C13H18N6OS. The molecule has 0 atom stereocenters. The fraction of sp³-hybridized carbons (Fsp3) is 0.385. The average Bonchev–Trinajstić information content (AvgIpc) is 2.44. The van der Waals surface area contributed by atoms with Gasteiger partial charge in [0.15, 0.2) is 5.16 Å². The highest BCUT2D eigenvalue weighted by Crippen LogP contribution is 2.17. The lowest BCUT2D eigenvalue weighted by Crippen LogP contribution is -2.11. The Kier molecular flexibility index (Phi) is 5.29. The Morgan fingerprint density at radius 2 is 2.14 bits per heavy atom. The van der Waals surface area contributed by atoms with Crippen LogP contribution < -0.4 is 16.8 Å². The molecule has 0 fully saturated rings. The number of hydrogen-bond donors (Lipinski definition) is 3. The summed E-state index contributed by atoms with van der Waals surface area (Å²) in [6.07, 6.45) is 1.74. The van der Waals surface area contributed by atoms with Gasteiger partial charge in [-0.15, -0.1) is 0 Å². The first-order valence-corrected chi connectivity index (χ1v) is 7.63. The molecule has 8 heteroatoms. The topological polar surface area (TPSA) is 110 Å². The highest BCUT2D eigenvalue weighted by atomic mass is 32.2. The molecule has 2 rings (SSSR count). The molecule has 112 valence electrons. The van der Waals surface area contributed by atoms with Gasteiger partial charge >= 0.3 is 0 Å². The largest absolute Gasteiger partial charge is 0.308 e. The minimum Gasteiger partial charge on any atom is -0.308 e. The second-order valence-electron chi connectivity index (χ2n) is 4.54. The summed E-state index contributed by atoms with van der Waals surface area (Å²) in [7, 11) is 0. The number of H-pyrrole nitrogens is 1. The molecule has 0 aliphatic heterocycles. The Bertz CT molecular complexity index is 672. The van der Waals surface area contributed by atoms with Gasteiger partial charge in [0, 0.05) is 23.5 Å². The van der Waals surface area contributed by atoms with E-state index < -0.39 is 0 Å². The molecule has 0 unspecified atom stereocenters. The van der Waals surface area contributed by atoms with Crippen LogP contribution in [0, 0.1) is 6.92 Å². The molecule has 7 nitrogen and oxygen atoms in total. The van der Waals surface area contributed by atoms with Crippen LogP contribution in [-0.4, -0.2) is 19.9 Å². The summed E-state index contributed by atoms with van der Waals surface area (Å²) in [6, 6.07) is 3.29. The van der Waals surface area contributed by atoms with Crippen LogP contribution in [0.3, 0.4) is 0 Å². The summed E-state index contributed by atoms with van der Waals surface area (Å²) in [4.78, 5) is 27.3. The van der Waals surface area contributed by atoms with E-state index in [1.807, 2.05) is 6.92 Å². The summed E-state index contributed by atoms with van der Waals surface area (Å²) in [5, 5.41) is 0.582. The quantitative estimate of drug-likeness (QED) is 0.320.